The second kappa shape index (κ2) is 9.31. The van der Waals surface area contributed by atoms with Gasteiger partial charge in [-0.3, -0.25) is 9.59 Å². The Morgan fingerprint density at radius 1 is 0.938 bits per heavy atom. The summed E-state index contributed by atoms with van der Waals surface area (Å²) in [5, 5.41) is 6.51. The monoisotopic (exact) mass is 427 g/mol. The van der Waals surface area contributed by atoms with Crippen LogP contribution in [-0.2, 0) is 18.4 Å². The van der Waals surface area contributed by atoms with Crippen LogP contribution < -0.4 is 10.6 Å². The highest BCUT2D eigenvalue weighted by molar-refractivity contribution is 6.06. The molecule has 5 nitrogen and oxygen atoms in total. The second-order valence-corrected chi connectivity index (χ2v) is 7.40. The lowest BCUT2D eigenvalue weighted by Crippen LogP contribution is -2.34. The van der Waals surface area contributed by atoms with E-state index in [1.165, 1.54) is 12.1 Å². The third kappa shape index (κ3) is 4.75. The number of benzene rings is 3. The molecule has 32 heavy (non-hydrogen) atoms. The molecule has 0 aliphatic heterocycles. The second-order valence-electron chi connectivity index (χ2n) is 7.40. The van der Waals surface area contributed by atoms with Crippen LogP contribution in [0.1, 0.15) is 21.5 Å². The van der Waals surface area contributed by atoms with Gasteiger partial charge in [0.1, 0.15) is 11.5 Å². The SMILES string of the molecule is Cn1cc(/C=C(\NC(=O)c2ccccc2)C(=O)NCc2ccc(F)cc2)c2ccccc21. The number of para-hydroxylation sites is 1. The predicted octanol–water partition coefficient (Wildman–Crippen LogP) is 4.40. The van der Waals surface area contributed by atoms with Gasteiger partial charge in [-0.15, -0.1) is 0 Å². The van der Waals surface area contributed by atoms with Crippen molar-refractivity contribution >= 4 is 28.8 Å². The van der Waals surface area contributed by atoms with Crippen molar-refractivity contribution in [2.45, 2.75) is 6.54 Å². The number of carbonyl (C=O) groups excluding carboxylic acids is 2. The van der Waals surface area contributed by atoms with Crippen LogP contribution in [0.3, 0.4) is 0 Å². The summed E-state index contributed by atoms with van der Waals surface area (Å²) in [5.74, 6) is -1.16. The number of halogens is 1. The quantitative estimate of drug-likeness (QED) is 0.448. The molecule has 0 fully saturated rings. The molecule has 0 aliphatic rings. The maximum absolute atomic E-state index is 13.1. The largest absolute Gasteiger partial charge is 0.350 e. The molecule has 0 radical (unpaired) electrons. The lowest BCUT2D eigenvalue weighted by molar-refractivity contribution is -0.117. The maximum Gasteiger partial charge on any atom is 0.268 e. The van der Waals surface area contributed by atoms with Crippen LogP contribution in [0, 0.1) is 5.82 Å². The van der Waals surface area contributed by atoms with Crippen LogP contribution in [0.2, 0.25) is 0 Å². The number of hydrogen-bond donors (Lipinski definition) is 2. The van der Waals surface area contributed by atoms with Crippen LogP contribution in [0.4, 0.5) is 4.39 Å². The molecule has 4 aromatic rings. The molecule has 1 heterocycles. The lowest BCUT2D eigenvalue weighted by Gasteiger charge is -2.11. The van der Waals surface area contributed by atoms with Crippen molar-refractivity contribution in [2.24, 2.45) is 7.05 Å². The molecule has 0 atom stereocenters. The van der Waals surface area contributed by atoms with Gasteiger partial charge in [0.05, 0.1) is 0 Å². The Hall–Kier alpha value is -4.19. The molecule has 4 rings (SSSR count). The van der Waals surface area contributed by atoms with Gasteiger partial charge in [-0.05, 0) is 42.0 Å². The van der Waals surface area contributed by atoms with E-state index < -0.39 is 5.91 Å². The zero-order valence-electron chi connectivity index (χ0n) is 17.5. The van der Waals surface area contributed by atoms with E-state index in [9.17, 15) is 14.0 Å². The van der Waals surface area contributed by atoms with E-state index in [-0.39, 0.29) is 24.0 Å². The lowest BCUT2D eigenvalue weighted by atomic mass is 10.1. The molecule has 0 aliphatic carbocycles. The molecule has 160 valence electrons. The van der Waals surface area contributed by atoms with E-state index in [1.807, 2.05) is 48.1 Å². The van der Waals surface area contributed by atoms with Crippen molar-refractivity contribution < 1.29 is 14.0 Å². The van der Waals surface area contributed by atoms with Gasteiger partial charge in [0, 0.05) is 41.8 Å². The van der Waals surface area contributed by atoms with Gasteiger partial charge in [-0.1, -0.05) is 48.5 Å². The van der Waals surface area contributed by atoms with E-state index in [0.717, 1.165) is 22.0 Å². The Bertz CT molecular complexity index is 1290. The van der Waals surface area contributed by atoms with E-state index in [1.54, 1.807) is 42.5 Å². The summed E-state index contributed by atoms with van der Waals surface area (Å²) in [5.41, 5.74) is 3.14. The summed E-state index contributed by atoms with van der Waals surface area (Å²) in [4.78, 5) is 25.8. The van der Waals surface area contributed by atoms with Crippen LogP contribution in [-0.4, -0.2) is 16.4 Å². The summed E-state index contributed by atoms with van der Waals surface area (Å²) >= 11 is 0. The molecule has 2 N–H and O–H groups in total. The molecule has 0 bridgehead atoms. The molecule has 0 spiro atoms. The van der Waals surface area contributed by atoms with Crippen molar-refractivity contribution in [3.63, 3.8) is 0 Å². The number of carbonyl (C=O) groups is 2. The van der Waals surface area contributed by atoms with Gasteiger partial charge in [-0.2, -0.15) is 0 Å². The number of nitrogens with one attached hydrogen (secondary N) is 2. The third-order valence-corrected chi connectivity index (χ3v) is 5.12. The van der Waals surface area contributed by atoms with Crippen molar-refractivity contribution in [1.29, 1.82) is 0 Å². The van der Waals surface area contributed by atoms with E-state index in [0.29, 0.717) is 5.56 Å². The minimum Gasteiger partial charge on any atom is -0.350 e. The number of nitrogens with zero attached hydrogens (tertiary/aromatic N) is 1. The van der Waals surface area contributed by atoms with Crippen molar-refractivity contribution in [3.8, 4) is 0 Å². The van der Waals surface area contributed by atoms with Crippen LogP contribution in [0.25, 0.3) is 17.0 Å². The first-order valence-electron chi connectivity index (χ1n) is 10.2. The molecular formula is C26H22FN3O2. The first-order valence-corrected chi connectivity index (χ1v) is 10.2. The van der Waals surface area contributed by atoms with Gasteiger partial charge >= 0.3 is 0 Å². The summed E-state index contributed by atoms with van der Waals surface area (Å²) < 4.78 is 15.1. The van der Waals surface area contributed by atoms with E-state index in [4.69, 9.17) is 0 Å². The highest BCUT2D eigenvalue weighted by Gasteiger charge is 2.16. The smallest absolute Gasteiger partial charge is 0.268 e. The minimum atomic E-state index is -0.438. The Morgan fingerprint density at radius 3 is 2.38 bits per heavy atom. The molecule has 0 unspecified atom stereocenters. The average Bonchev–Trinajstić information content (AvgIpc) is 3.14. The normalized spacial score (nSPS) is 11.4. The van der Waals surface area contributed by atoms with Crippen molar-refractivity contribution in [2.75, 3.05) is 0 Å². The zero-order chi connectivity index (χ0) is 22.5. The Labute approximate surface area is 185 Å². The molecule has 0 saturated heterocycles. The minimum absolute atomic E-state index is 0.123. The third-order valence-electron chi connectivity index (χ3n) is 5.12. The van der Waals surface area contributed by atoms with Crippen molar-refractivity contribution in [1.82, 2.24) is 15.2 Å². The Kier molecular flexibility index (Phi) is 6.12. The van der Waals surface area contributed by atoms with Gasteiger partial charge in [0.2, 0.25) is 0 Å². The van der Waals surface area contributed by atoms with Gasteiger partial charge < -0.3 is 15.2 Å². The Balaban J connectivity index is 1.63. The average molecular weight is 427 g/mol. The maximum atomic E-state index is 13.1. The molecule has 2 amide bonds. The summed E-state index contributed by atoms with van der Waals surface area (Å²) in [6.45, 7) is 0.202. The first kappa shape index (κ1) is 21.1. The Morgan fingerprint density at radius 2 is 1.62 bits per heavy atom. The van der Waals surface area contributed by atoms with Gasteiger partial charge in [0.15, 0.2) is 0 Å². The van der Waals surface area contributed by atoms with E-state index >= 15 is 0 Å². The fourth-order valence-corrected chi connectivity index (χ4v) is 3.47. The summed E-state index contributed by atoms with van der Waals surface area (Å²) in [6, 6.07) is 22.4. The molecule has 1 aromatic heterocycles. The fraction of sp³-hybridized carbons (Fsp3) is 0.0769. The standard InChI is InChI=1S/C26H22FN3O2/c1-30-17-20(22-9-5-6-10-24(22)30)15-23(29-25(31)19-7-3-2-4-8-19)26(32)28-16-18-11-13-21(27)14-12-18/h2-15,17H,16H2,1H3,(H,28,32)(H,29,31)/b23-15-. The zero-order valence-corrected chi connectivity index (χ0v) is 17.5. The molecule has 3 aromatic carbocycles. The number of hydrogen-bond acceptors (Lipinski definition) is 2. The van der Waals surface area contributed by atoms with Crippen LogP contribution in [0.15, 0.2) is 90.8 Å². The number of amides is 2. The fourth-order valence-electron chi connectivity index (χ4n) is 3.47. The molecule has 0 saturated carbocycles. The first-order chi connectivity index (χ1) is 15.5. The van der Waals surface area contributed by atoms with Crippen LogP contribution in [0.5, 0.6) is 0 Å². The summed E-state index contributed by atoms with van der Waals surface area (Å²) in [6.07, 6.45) is 3.58. The topological polar surface area (TPSA) is 63.1 Å². The number of rotatable bonds is 6. The number of fused-ring (bicyclic) bond motifs is 1. The molecule has 6 heteroatoms. The predicted molar refractivity (Wildman–Crippen MR) is 123 cm³/mol. The highest BCUT2D eigenvalue weighted by Crippen LogP contribution is 2.22. The van der Waals surface area contributed by atoms with Gasteiger partial charge in [-0.25, -0.2) is 4.39 Å². The molecular weight excluding hydrogens is 405 g/mol. The van der Waals surface area contributed by atoms with E-state index in [2.05, 4.69) is 10.6 Å². The van der Waals surface area contributed by atoms with Crippen LogP contribution >= 0.6 is 0 Å². The van der Waals surface area contributed by atoms with Gasteiger partial charge in [0.25, 0.3) is 11.8 Å². The highest BCUT2D eigenvalue weighted by atomic mass is 19.1. The summed E-state index contributed by atoms with van der Waals surface area (Å²) in [7, 11) is 1.93. The number of aromatic nitrogens is 1. The van der Waals surface area contributed by atoms with Crippen molar-refractivity contribution in [3.05, 3.63) is 113 Å². The number of aryl methyl sites for hydroxylation is 1.